The summed E-state index contributed by atoms with van der Waals surface area (Å²) in [6.45, 7) is 6.43. The third kappa shape index (κ3) is 5.12. The minimum absolute atomic E-state index is 0.565. The molecule has 300 valence electrons. The molecule has 0 fully saturated rings. The molecular formula is C62H41NS. The summed E-state index contributed by atoms with van der Waals surface area (Å²) in [5, 5.41) is 10.2. The monoisotopic (exact) mass is 831 g/mol. The molecule has 0 radical (unpaired) electrons. The molecule has 0 bridgehead atoms. The Hall–Kier alpha value is -7.78. The van der Waals surface area contributed by atoms with Crippen molar-refractivity contribution in [2.45, 2.75) is 12.3 Å². The molecule has 2 heteroatoms. The summed E-state index contributed by atoms with van der Waals surface area (Å²) in [7, 11) is 0. The first-order valence-electron chi connectivity index (χ1n) is 22.1. The molecule has 0 aliphatic heterocycles. The Morgan fingerprint density at radius 3 is 1.78 bits per heavy atom. The second kappa shape index (κ2) is 14.1. The van der Waals surface area contributed by atoms with Crippen molar-refractivity contribution in [3.63, 3.8) is 0 Å². The Morgan fingerprint density at radius 2 is 1.02 bits per heavy atom. The van der Waals surface area contributed by atoms with Crippen molar-refractivity contribution >= 4 is 86.5 Å². The van der Waals surface area contributed by atoms with Crippen molar-refractivity contribution in [1.29, 1.82) is 0 Å². The molecule has 13 rings (SSSR count). The van der Waals surface area contributed by atoms with Gasteiger partial charge in [0.25, 0.3) is 0 Å². The van der Waals surface area contributed by atoms with Gasteiger partial charge in [0.2, 0.25) is 0 Å². The van der Waals surface area contributed by atoms with Crippen molar-refractivity contribution in [2.75, 3.05) is 4.90 Å². The lowest BCUT2D eigenvalue weighted by molar-refractivity contribution is 0.785. The molecule has 0 saturated heterocycles. The second-order valence-electron chi connectivity index (χ2n) is 17.2. The third-order valence-corrected chi connectivity index (χ3v) is 15.2. The summed E-state index contributed by atoms with van der Waals surface area (Å²) in [5.41, 5.74) is 15.5. The molecule has 10 aromatic carbocycles. The van der Waals surface area contributed by atoms with E-state index >= 15 is 0 Å². The zero-order valence-corrected chi connectivity index (χ0v) is 36.2. The van der Waals surface area contributed by atoms with Gasteiger partial charge >= 0.3 is 0 Å². The highest BCUT2D eigenvalue weighted by atomic mass is 32.1. The topological polar surface area (TPSA) is 3.24 Å². The number of allylic oxidation sites excluding steroid dienone is 5. The lowest BCUT2D eigenvalue weighted by Crippen LogP contribution is -2.29. The number of thiophene rings is 1. The predicted molar refractivity (Wildman–Crippen MR) is 276 cm³/mol. The lowest BCUT2D eigenvalue weighted by atomic mass is 9.69. The normalized spacial score (nSPS) is 15.3. The van der Waals surface area contributed by atoms with Crippen LogP contribution in [-0.4, -0.2) is 0 Å². The van der Waals surface area contributed by atoms with Gasteiger partial charge in [-0.2, -0.15) is 0 Å². The van der Waals surface area contributed by atoms with Crippen LogP contribution in [0, 0.1) is 0 Å². The van der Waals surface area contributed by atoms with Crippen LogP contribution in [0.15, 0.2) is 231 Å². The van der Waals surface area contributed by atoms with E-state index in [1.54, 1.807) is 0 Å². The van der Waals surface area contributed by atoms with Gasteiger partial charge in [0, 0.05) is 37.1 Å². The van der Waals surface area contributed by atoms with Gasteiger partial charge in [-0.25, -0.2) is 0 Å². The molecular weight excluding hydrogens is 791 g/mol. The Balaban J connectivity index is 1.12. The SMILES string of the molecule is C=C/C=C\C1=C(C)c2ccccc2C12c1ccccc1-c1cccc(N(c3cccc(-c4ccc5c(c4)sc4ccccc45)c3)c3ccc4c5ccccc5c5ccccc5c4c3)c12. The lowest BCUT2D eigenvalue weighted by Gasteiger charge is -2.36. The highest BCUT2D eigenvalue weighted by Crippen LogP contribution is 2.65. The van der Waals surface area contributed by atoms with E-state index in [0.717, 1.165) is 17.1 Å². The average molecular weight is 832 g/mol. The molecule has 1 heterocycles. The predicted octanol–water partition coefficient (Wildman–Crippen LogP) is 17.5. The number of rotatable bonds is 6. The van der Waals surface area contributed by atoms with Gasteiger partial charge in [0.15, 0.2) is 0 Å². The van der Waals surface area contributed by atoms with Gasteiger partial charge in [-0.3, -0.25) is 0 Å². The summed E-state index contributed by atoms with van der Waals surface area (Å²) < 4.78 is 2.62. The zero-order valence-electron chi connectivity index (χ0n) is 35.3. The fourth-order valence-corrected chi connectivity index (χ4v) is 12.5. The van der Waals surface area contributed by atoms with Crippen LogP contribution in [0.2, 0.25) is 0 Å². The fraction of sp³-hybridized carbons (Fsp3) is 0.0323. The number of hydrogen-bond donors (Lipinski definition) is 0. The van der Waals surface area contributed by atoms with Gasteiger partial charge in [0.05, 0.1) is 11.1 Å². The Kier molecular flexibility index (Phi) is 8.13. The van der Waals surface area contributed by atoms with Gasteiger partial charge in [0.1, 0.15) is 0 Å². The summed E-state index contributed by atoms with van der Waals surface area (Å²) in [6.07, 6.45) is 6.33. The maximum absolute atomic E-state index is 4.13. The summed E-state index contributed by atoms with van der Waals surface area (Å²) in [5.74, 6) is 0. The van der Waals surface area contributed by atoms with Gasteiger partial charge < -0.3 is 4.90 Å². The molecule has 1 atom stereocenters. The average Bonchev–Trinajstić information content (AvgIpc) is 3.96. The minimum Gasteiger partial charge on any atom is -0.310 e. The van der Waals surface area contributed by atoms with Crippen LogP contribution in [0.1, 0.15) is 29.2 Å². The van der Waals surface area contributed by atoms with Crippen molar-refractivity contribution in [2.24, 2.45) is 0 Å². The number of benzene rings is 10. The fourth-order valence-electron chi connectivity index (χ4n) is 11.4. The van der Waals surface area contributed by atoms with Crippen molar-refractivity contribution < 1.29 is 0 Å². The summed E-state index contributed by atoms with van der Waals surface area (Å²) in [4.78, 5) is 2.54. The van der Waals surface area contributed by atoms with Crippen molar-refractivity contribution in [1.82, 2.24) is 0 Å². The van der Waals surface area contributed by atoms with Gasteiger partial charge in [-0.15, -0.1) is 11.3 Å². The number of anilines is 3. The molecule has 11 aromatic rings. The zero-order chi connectivity index (χ0) is 42.5. The van der Waals surface area contributed by atoms with E-state index in [1.165, 1.54) is 108 Å². The first-order valence-corrected chi connectivity index (χ1v) is 22.9. The number of fused-ring (bicyclic) bond motifs is 16. The minimum atomic E-state index is -0.565. The molecule has 1 nitrogen and oxygen atoms in total. The highest BCUT2D eigenvalue weighted by molar-refractivity contribution is 7.25. The molecule has 0 amide bonds. The molecule has 64 heavy (non-hydrogen) atoms. The summed E-state index contributed by atoms with van der Waals surface area (Å²) >= 11 is 1.87. The van der Waals surface area contributed by atoms with Crippen LogP contribution in [0.5, 0.6) is 0 Å². The van der Waals surface area contributed by atoms with E-state index in [2.05, 4.69) is 231 Å². The highest BCUT2D eigenvalue weighted by Gasteiger charge is 2.53. The van der Waals surface area contributed by atoms with Crippen LogP contribution in [0.3, 0.4) is 0 Å². The van der Waals surface area contributed by atoms with E-state index in [4.69, 9.17) is 0 Å². The molecule has 0 saturated carbocycles. The van der Waals surface area contributed by atoms with Gasteiger partial charge in [-0.05, 0) is 132 Å². The summed E-state index contributed by atoms with van der Waals surface area (Å²) in [6, 6.07) is 74.9. The van der Waals surface area contributed by atoms with Crippen LogP contribution in [0.4, 0.5) is 17.1 Å². The Bertz CT molecular complexity index is 3810. The van der Waals surface area contributed by atoms with E-state index in [9.17, 15) is 0 Å². The molecule has 0 N–H and O–H groups in total. The standard InChI is InChI=1S/C62H41NS/c1-3-4-27-55-39(2)44-19-9-12-28-56(44)62(55)57-29-13-10-24-50(57)53-26-16-30-58(61(53)62)63(43-33-35-49-47-22-6-5-20-45(47)46-21-7-8-23-48(46)54(49)38-43)42-18-15-17-40(36-42)41-32-34-52-51-25-11-14-31-59(51)64-60(52)37-41/h3-38H,1H2,2H3/b27-4-. The largest absolute Gasteiger partial charge is 0.310 e. The number of nitrogens with zero attached hydrogens (tertiary/aromatic N) is 1. The van der Waals surface area contributed by atoms with Crippen LogP contribution < -0.4 is 4.90 Å². The maximum atomic E-state index is 4.13. The Labute approximate surface area is 376 Å². The first-order chi connectivity index (χ1) is 31.6. The van der Waals surface area contributed by atoms with Crippen LogP contribution in [-0.2, 0) is 5.41 Å². The second-order valence-corrected chi connectivity index (χ2v) is 18.3. The number of hydrogen-bond acceptors (Lipinski definition) is 2. The van der Waals surface area contributed by atoms with Crippen molar-refractivity contribution in [3.05, 3.63) is 253 Å². The van der Waals surface area contributed by atoms with E-state index in [0.29, 0.717) is 0 Å². The van der Waals surface area contributed by atoms with Crippen LogP contribution in [0.25, 0.3) is 80.3 Å². The van der Waals surface area contributed by atoms with Crippen molar-refractivity contribution in [3.8, 4) is 22.3 Å². The molecule has 2 aliphatic carbocycles. The smallest absolute Gasteiger partial charge is 0.0742 e. The van der Waals surface area contributed by atoms with Crippen LogP contribution >= 0.6 is 11.3 Å². The maximum Gasteiger partial charge on any atom is 0.0742 e. The molecule has 1 spiro atoms. The Morgan fingerprint density at radius 1 is 0.453 bits per heavy atom. The first kappa shape index (κ1) is 36.8. The molecule has 2 aliphatic rings. The van der Waals surface area contributed by atoms with E-state index in [-0.39, 0.29) is 0 Å². The van der Waals surface area contributed by atoms with Gasteiger partial charge in [-0.1, -0.05) is 183 Å². The molecule has 1 aromatic heterocycles. The third-order valence-electron chi connectivity index (χ3n) is 14.0. The quantitative estimate of drug-likeness (QED) is 0.119. The van der Waals surface area contributed by atoms with E-state index < -0.39 is 5.41 Å². The van der Waals surface area contributed by atoms with E-state index in [1.807, 2.05) is 17.4 Å². The molecule has 1 unspecified atom stereocenters.